The van der Waals surface area contributed by atoms with Crippen LogP contribution in [0.2, 0.25) is 0 Å². The number of amides is 1. The molecular formula is C21H26N4O3. The Labute approximate surface area is 164 Å². The molecule has 0 aliphatic heterocycles. The van der Waals surface area contributed by atoms with Gasteiger partial charge in [0, 0.05) is 31.9 Å². The second-order valence-electron chi connectivity index (χ2n) is 7.12. The van der Waals surface area contributed by atoms with Crippen LogP contribution in [0.5, 0.6) is 5.75 Å². The largest absolute Gasteiger partial charge is 0.488 e. The van der Waals surface area contributed by atoms with Gasteiger partial charge in [-0.2, -0.15) is 5.10 Å². The van der Waals surface area contributed by atoms with Crippen molar-refractivity contribution in [3.63, 3.8) is 0 Å². The number of ether oxygens (including phenoxy) is 1. The third-order valence-electron chi connectivity index (χ3n) is 5.05. The van der Waals surface area contributed by atoms with E-state index in [0.717, 1.165) is 28.1 Å². The minimum atomic E-state index is -0.208. The quantitative estimate of drug-likeness (QED) is 0.652. The molecule has 7 nitrogen and oxygen atoms in total. The van der Waals surface area contributed by atoms with E-state index >= 15 is 0 Å². The van der Waals surface area contributed by atoms with Crippen molar-refractivity contribution in [2.45, 2.75) is 40.8 Å². The Morgan fingerprint density at radius 3 is 2.50 bits per heavy atom. The van der Waals surface area contributed by atoms with Gasteiger partial charge in [0.2, 0.25) is 0 Å². The number of hydrogen-bond acceptors (Lipinski definition) is 5. The lowest BCUT2D eigenvalue weighted by atomic mass is 10.1. The van der Waals surface area contributed by atoms with Gasteiger partial charge >= 0.3 is 0 Å². The Hall–Kier alpha value is -3.09. The molecule has 0 aliphatic rings. The third kappa shape index (κ3) is 3.78. The topological polar surface area (TPSA) is 73.4 Å². The molecule has 1 amide bonds. The first-order valence-electron chi connectivity index (χ1n) is 9.16. The van der Waals surface area contributed by atoms with Crippen LogP contribution in [0.25, 0.3) is 0 Å². The van der Waals surface area contributed by atoms with Gasteiger partial charge in [0.1, 0.15) is 18.1 Å². The van der Waals surface area contributed by atoms with Crippen molar-refractivity contribution in [2.24, 2.45) is 7.05 Å². The highest BCUT2D eigenvalue weighted by Crippen LogP contribution is 2.25. The zero-order valence-corrected chi connectivity index (χ0v) is 17.2. The average molecular weight is 382 g/mol. The zero-order chi connectivity index (χ0) is 20.4. The lowest BCUT2D eigenvalue weighted by Crippen LogP contribution is -2.27. The Kier molecular flexibility index (Phi) is 5.53. The van der Waals surface area contributed by atoms with E-state index < -0.39 is 0 Å². The van der Waals surface area contributed by atoms with Crippen LogP contribution in [0.1, 0.15) is 44.2 Å². The molecule has 0 spiro atoms. The standard InChI is InChI=1S/C21H26N4O3/c1-13-8-7-9-14(2)20(13)27-12-18-16(4)28-23-19(18)21(26)24(5)11-17-10-22-25(6)15(17)3/h7-10H,11-12H2,1-6H3. The van der Waals surface area contributed by atoms with Gasteiger partial charge in [0.05, 0.1) is 11.8 Å². The summed E-state index contributed by atoms with van der Waals surface area (Å²) in [5.74, 6) is 1.20. The Morgan fingerprint density at radius 2 is 1.89 bits per heavy atom. The molecule has 0 unspecified atom stereocenters. The molecular weight excluding hydrogens is 356 g/mol. The van der Waals surface area contributed by atoms with Crippen molar-refractivity contribution in [3.8, 4) is 5.75 Å². The number of aromatic nitrogens is 3. The van der Waals surface area contributed by atoms with Crippen LogP contribution in [0.3, 0.4) is 0 Å². The second kappa shape index (κ2) is 7.88. The third-order valence-corrected chi connectivity index (χ3v) is 5.05. The molecule has 2 heterocycles. The van der Waals surface area contributed by atoms with E-state index in [0.29, 0.717) is 17.9 Å². The molecule has 0 bridgehead atoms. The van der Waals surface area contributed by atoms with E-state index in [1.807, 2.05) is 46.0 Å². The van der Waals surface area contributed by atoms with Gasteiger partial charge in [-0.3, -0.25) is 9.48 Å². The zero-order valence-electron chi connectivity index (χ0n) is 17.2. The Morgan fingerprint density at radius 1 is 1.21 bits per heavy atom. The number of rotatable bonds is 6. The molecule has 1 aromatic carbocycles. The van der Waals surface area contributed by atoms with Gasteiger partial charge in [-0.25, -0.2) is 0 Å². The summed E-state index contributed by atoms with van der Waals surface area (Å²) in [6, 6.07) is 5.99. The maximum absolute atomic E-state index is 13.0. The summed E-state index contributed by atoms with van der Waals surface area (Å²) in [4.78, 5) is 14.6. The van der Waals surface area contributed by atoms with E-state index in [-0.39, 0.29) is 18.2 Å². The van der Waals surface area contributed by atoms with E-state index in [2.05, 4.69) is 10.3 Å². The molecule has 7 heteroatoms. The monoisotopic (exact) mass is 382 g/mol. The van der Waals surface area contributed by atoms with Crippen LogP contribution in [-0.4, -0.2) is 32.8 Å². The highest BCUT2D eigenvalue weighted by Gasteiger charge is 2.24. The van der Waals surface area contributed by atoms with Gasteiger partial charge in [-0.1, -0.05) is 23.4 Å². The average Bonchev–Trinajstić information content (AvgIpc) is 3.17. The smallest absolute Gasteiger partial charge is 0.276 e. The molecule has 0 saturated heterocycles. The van der Waals surface area contributed by atoms with Crippen molar-refractivity contribution in [3.05, 3.63) is 63.8 Å². The molecule has 0 saturated carbocycles. The lowest BCUT2D eigenvalue weighted by molar-refractivity contribution is 0.0772. The highest BCUT2D eigenvalue weighted by atomic mass is 16.5. The van der Waals surface area contributed by atoms with Crippen molar-refractivity contribution >= 4 is 5.91 Å². The van der Waals surface area contributed by atoms with E-state index in [9.17, 15) is 4.79 Å². The molecule has 28 heavy (non-hydrogen) atoms. The van der Waals surface area contributed by atoms with Gasteiger partial charge in [-0.05, 0) is 38.8 Å². The first-order valence-corrected chi connectivity index (χ1v) is 9.16. The lowest BCUT2D eigenvalue weighted by Gasteiger charge is -2.17. The summed E-state index contributed by atoms with van der Waals surface area (Å²) in [7, 11) is 3.62. The van der Waals surface area contributed by atoms with Crippen molar-refractivity contribution in [1.82, 2.24) is 19.8 Å². The van der Waals surface area contributed by atoms with Crippen molar-refractivity contribution < 1.29 is 14.1 Å². The fourth-order valence-electron chi connectivity index (χ4n) is 3.11. The highest BCUT2D eigenvalue weighted by molar-refractivity contribution is 5.93. The first-order chi connectivity index (χ1) is 13.3. The van der Waals surface area contributed by atoms with Crippen LogP contribution in [0.15, 0.2) is 28.9 Å². The number of carbonyl (C=O) groups is 1. The Balaban J connectivity index is 1.78. The van der Waals surface area contributed by atoms with Crippen LogP contribution in [-0.2, 0) is 20.2 Å². The minimum Gasteiger partial charge on any atom is -0.488 e. The van der Waals surface area contributed by atoms with Crippen LogP contribution >= 0.6 is 0 Å². The molecule has 0 fully saturated rings. The van der Waals surface area contributed by atoms with Crippen molar-refractivity contribution in [1.29, 1.82) is 0 Å². The summed E-state index contributed by atoms with van der Waals surface area (Å²) in [5.41, 5.74) is 5.06. The van der Waals surface area contributed by atoms with Crippen molar-refractivity contribution in [2.75, 3.05) is 7.05 Å². The van der Waals surface area contributed by atoms with Gasteiger partial charge < -0.3 is 14.2 Å². The summed E-state index contributed by atoms with van der Waals surface area (Å²) in [6.45, 7) is 8.43. The molecule has 0 N–H and O–H groups in total. The summed E-state index contributed by atoms with van der Waals surface area (Å²) in [5, 5.41) is 8.22. The fraction of sp³-hybridized carbons (Fsp3) is 0.381. The van der Waals surface area contributed by atoms with Crippen LogP contribution in [0.4, 0.5) is 0 Å². The number of nitrogens with zero attached hydrogens (tertiary/aromatic N) is 4. The molecule has 3 aromatic rings. The number of para-hydroxylation sites is 1. The molecule has 2 aromatic heterocycles. The number of aryl methyl sites for hydroxylation is 4. The maximum Gasteiger partial charge on any atom is 0.276 e. The number of benzene rings is 1. The normalized spacial score (nSPS) is 10.9. The summed E-state index contributed by atoms with van der Waals surface area (Å²) >= 11 is 0. The van der Waals surface area contributed by atoms with Gasteiger partial charge in [0.25, 0.3) is 5.91 Å². The first kappa shape index (κ1) is 19.7. The Bertz CT molecular complexity index is 983. The van der Waals surface area contributed by atoms with E-state index in [4.69, 9.17) is 9.26 Å². The summed E-state index contributed by atoms with van der Waals surface area (Å²) < 4.78 is 13.1. The molecule has 148 valence electrons. The molecule has 0 radical (unpaired) electrons. The van der Waals surface area contributed by atoms with Crippen LogP contribution in [0, 0.1) is 27.7 Å². The predicted octanol–water partition coefficient (Wildman–Crippen LogP) is 3.49. The van der Waals surface area contributed by atoms with Crippen LogP contribution < -0.4 is 4.74 Å². The number of hydrogen-bond donors (Lipinski definition) is 0. The van der Waals surface area contributed by atoms with E-state index in [1.54, 1.807) is 29.7 Å². The second-order valence-corrected chi connectivity index (χ2v) is 7.12. The molecule has 3 rings (SSSR count). The van der Waals surface area contributed by atoms with E-state index in [1.165, 1.54) is 0 Å². The number of carbonyl (C=O) groups excluding carboxylic acids is 1. The molecule has 0 atom stereocenters. The summed E-state index contributed by atoms with van der Waals surface area (Å²) in [6.07, 6.45) is 1.78. The predicted molar refractivity (Wildman–Crippen MR) is 105 cm³/mol. The minimum absolute atomic E-state index is 0.208. The SMILES string of the molecule is Cc1cccc(C)c1OCc1c(C(=O)N(C)Cc2cnn(C)c2C)noc1C. The molecule has 0 aliphatic carbocycles. The van der Waals surface area contributed by atoms with Gasteiger partial charge in [0.15, 0.2) is 5.69 Å². The maximum atomic E-state index is 13.0. The van der Waals surface area contributed by atoms with Gasteiger partial charge in [-0.15, -0.1) is 0 Å². The fourth-order valence-corrected chi connectivity index (χ4v) is 3.11.